The molecule has 0 aliphatic rings. The molecule has 0 amide bonds. The summed E-state index contributed by atoms with van der Waals surface area (Å²) < 4.78 is 10.3. The van der Waals surface area contributed by atoms with E-state index in [4.69, 9.17) is 9.47 Å². The summed E-state index contributed by atoms with van der Waals surface area (Å²) in [5, 5.41) is 0. The molecule has 80 valence electrons. The Bertz CT molecular complexity index is 442. The molecule has 0 saturated heterocycles. The Hall–Kier alpha value is -1.84. The quantitative estimate of drug-likeness (QED) is 0.782. The molecule has 2 rings (SSSR count). The molecule has 0 atom stereocenters. The number of hydrogen-bond donors (Lipinski definition) is 0. The number of nitrogens with zero attached hydrogens (tertiary/aromatic N) is 1. The first kappa shape index (κ1) is 10.7. The number of rotatable bonds is 3. The fourth-order valence-corrected chi connectivity index (χ4v) is 1.48. The van der Waals surface area contributed by atoms with E-state index in [1.165, 1.54) is 0 Å². The Balaban J connectivity index is 2.41. The summed E-state index contributed by atoms with van der Waals surface area (Å²) in [6.07, 6.45) is 1.73. The van der Waals surface area contributed by atoms with Crippen molar-refractivity contribution in [2.75, 3.05) is 14.2 Å². The van der Waals surface area contributed by atoms with Gasteiger partial charge in [0, 0.05) is 0 Å². The topological polar surface area (TPSA) is 31.4 Å². The van der Waals surface area contributed by atoms with Gasteiger partial charge >= 0.3 is 94.7 Å². The monoisotopic (exact) mass is 213 g/mol. The van der Waals surface area contributed by atoms with Crippen LogP contribution in [0.2, 0.25) is 0 Å². The van der Waals surface area contributed by atoms with Crippen molar-refractivity contribution in [1.82, 2.24) is 4.98 Å². The van der Waals surface area contributed by atoms with E-state index >= 15 is 0 Å². The van der Waals surface area contributed by atoms with Gasteiger partial charge in [-0.05, 0) is 0 Å². The average molecular weight is 213 g/mol. The van der Waals surface area contributed by atoms with Crippen LogP contribution in [-0.4, -0.2) is 26.1 Å². The SMILES string of the molecule is COc1ccbc(-c2cc(OC)ccn2)c1. The van der Waals surface area contributed by atoms with Crippen LogP contribution < -0.4 is 9.47 Å². The standard InChI is InChI=1S/C12H12BNO2/c1-15-9-3-5-13-11(7-9)12-8-10(16-2)4-6-14-12/h3-8H,1-2H3. The van der Waals surface area contributed by atoms with Gasteiger partial charge in [-0.15, -0.1) is 0 Å². The van der Waals surface area contributed by atoms with Crippen LogP contribution in [0.4, 0.5) is 0 Å². The van der Waals surface area contributed by atoms with Crippen LogP contribution in [-0.2, 0) is 0 Å². The first-order valence-electron chi connectivity index (χ1n) is 4.98. The third kappa shape index (κ3) is 2.22. The van der Waals surface area contributed by atoms with Gasteiger partial charge in [0.25, 0.3) is 0 Å². The Morgan fingerprint density at radius 2 is 1.81 bits per heavy atom. The Labute approximate surface area is 95.3 Å². The summed E-state index contributed by atoms with van der Waals surface area (Å²) in [6, 6.07) is 7.57. The van der Waals surface area contributed by atoms with E-state index in [2.05, 4.69) is 4.98 Å². The average Bonchev–Trinajstić information content (AvgIpc) is 2.39. The number of ether oxygens (including phenoxy) is 2. The summed E-state index contributed by atoms with van der Waals surface area (Å²) in [5.74, 6) is 3.56. The van der Waals surface area contributed by atoms with E-state index in [1.807, 2.05) is 37.1 Å². The number of hydrogen-bond acceptors (Lipinski definition) is 3. The normalized spacial score (nSPS) is 9.62. The predicted molar refractivity (Wildman–Crippen MR) is 64.1 cm³/mol. The van der Waals surface area contributed by atoms with E-state index in [9.17, 15) is 0 Å². The second-order valence-electron chi connectivity index (χ2n) is 3.31. The van der Waals surface area contributed by atoms with Crippen molar-refractivity contribution >= 4 is 6.91 Å². The molecule has 0 fully saturated rings. The molecule has 0 saturated carbocycles. The molecule has 0 radical (unpaired) electrons. The van der Waals surface area contributed by atoms with E-state index in [0.717, 1.165) is 22.7 Å². The van der Waals surface area contributed by atoms with Gasteiger partial charge in [-0.2, -0.15) is 0 Å². The number of aromatic nitrogens is 1. The van der Waals surface area contributed by atoms with Crippen LogP contribution in [0.15, 0.2) is 36.4 Å². The van der Waals surface area contributed by atoms with Crippen molar-refractivity contribution < 1.29 is 9.47 Å². The fraction of sp³-hybridized carbons (Fsp3) is 0.167. The Morgan fingerprint density at radius 3 is 2.56 bits per heavy atom. The van der Waals surface area contributed by atoms with Crippen LogP contribution in [0, 0.1) is 0 Å². The van der Waals surface area contributed by atoms with Crippen LogP contribution >= 0.6 is 0 Å². The molecule has 2 heterocycles. The maximum atomic E-state index is 5.17. The van der Waals surface area contributed by atoms with Crippen LogP contribution in [0.25, 0.3) is 11.2 Å². The van der Waals surface area contributed by atoms with Gasteiger partial charge in [0.05, 0.1) is 0 Å². The first-order chi connectivity index (χ1) is 7.83. The molecule has 2 aromatic rings. The van der Waals surface area contributed by atoms with Crippen molar-refractivity contribution in [2.45, 2.75) is 0 Å². The van der Waals surface area contributed by atoms with Gasteiger partial charge in [-0.3, -0.25) is 0 Å². The summed E-state index contributed by atoms with van der Waals surface area (Å²) in [6.45, 7) is 1.99. The van der Waals surface area contributed by atoms with Gasteiger partial charge < -0.3 is 0 Å². The molecule has 0 aromatic carbocycles. The zero-order valence-electron chi connectivity index (χ0n) is 9.31. The van der Waals surface area contributed by atoms with Crippen molar-refractivity contribution in [3.63, 3.8) is 0 Å². The molecule has 2 aromatic heterocycles. The van der Waals surface area contributed by atoms with Crippen molar-refractivity contribution in [2.24, 2.45) is 0 Å². The maximum absolute atomic E-state index is 5.17. The molecule has 0 aliphatic heterocycles. The molecule has 3 nitrogen and oxygen atoms in total. The van der Waals surface area contributed by atoms with E-state index in [-0.39, 0.29) is 0 Å². The van der Waals surface area contributed by atoms with Crippen LogP contribution in [0.3, 0.4) is 0 Å². The zero-order valence-corrected chi connectivity index (χ0v) is 9.31. The first-order valence-corrected chi connectivity index (χ1v) is 4.98. The van der Waals surface area contributed by atoms with Crippen molar-refractivity contribution in [1.29, 1.82) is 0 Å². The summed E-state index contributed by atoms with van der Waals surface area (Å²) in [5.41, 5.74) is 1.89. The van der Waals surface area contributed by atoms with Gasteiger partial charge in [-0.1, -0.05) is 0 Å². The molecular formula is C12H12BNO2. The zero-order chi connectivity index (χ0) is 11.4. The predicted octanol–water partition coefficient (Wildman–Crippen LogP) is 2.10. The van der Waals surface area contributed by atoms with Crippen molar-refractivity contribution in [3.05, 3.63) is 36.4 Å². The summed E-state index contributed by atoms with van der Waals surface area (Å²) in [4.78, 5) is 4.30. The van der Waals surface area contributed by atoms with E-state index < -0.39 is 0 Å². The van der Waals surface area contributed by atoms with Gasteiger partial charge in [0.1, 0.15) is 0 Å². The molecule has 0 N–H and O–H groups in total. The number of pyridine rings is 1. The number of methoxy groups -OCH3 is 2. The van der Waals surface area contributed by atoms with Crippen LogP contribution in [0.1, 0.15) is 0 Å². The van der Waals surface area contributed by atoms with Gasteiger partial charge in [-0.25, -0.2) is 0 Å². The fourth-order valence-electron chi connectivity index (χ4n) is 1.48. The summed E-state index contributed by atoms with van der Waals surface area (Å²) >= 11 is 0. The second-order valence-corrected chi connectivity index (χ2v) is 3.31. The second kappa shape index (κ2) is 4.79. The molecule has 0 bridgehead atoms. The van der Waals surface area contributed by atoms with E-state index in [0.29, 0.717) is 0 Å². The summed E-state index contributed by atoms with van der Waals surface area (Å²) in [7, 11) is 3.29. The minimum absolute atomic E-state index is 0.799. The molecule has 0 unspecified atom stereocenters. The molecule has 0 spiro atoms. The van der Waals surface area contributed by atoms with Crippen LogP contribution in [0.5, 0.6) is 11.5 Å². The van der Waals surface area contributed by atoms with E-state index in [1.54, 1.807) is 20.4 Å². The molecule has 4 heteroatoms. The Morgan fingerprint density at radius 1 is 1.06 bits per heavy atom. The van der Waals surface area contributed by atoms with Gasteiger partial charge in [0.15, 0.2) is 0 Å². The molecule has 0 aliphatic carbocycles. The Kier molecular flexibility index (Phi) is 3.20. The minimum atomic E-state index is 0.799. The van der Waals surface area contributed by atoms with Gasteiger partial charge in [0.2, 0.25) is 0 Å². The third-order valence-electron chi connectivity index (χ3n) is 2.33. The molecule has 16 heavy (non-hydrogen) atoms. The molecular weight excluding hydrogens is 201 g/mol. The van der Waals surface area contributed by atoms with Crippen molar-refractivity contribution in [3.8, 4) is 22.7 Å². The third-order valence-corrected chi connectivity index (χ3v) is 2.33.